The number of carbonyl (C=O) groups is 1. The van der Waals surface area contributed by atoms with Crippen molar-refractivity contribution in [2.45, 2.75) is 43.5 Å². The molecule has 0 saturated carbocycles. The molecule has 1 aromatic heterocycles. The summed E-state index contributed by atoms with van der Waals surface area (Å²) in [6.07, 6.45) is 3.21. The molecule has 1 saturated heterocycles. The van der Waals surface area contributed by atoms with Gasteiger partial charge in [0.15, 0.2) is 5.16 Å². The summed E-state index contributed by atoms with van der Waals surface area (Å²) in [4.78, 5) is 14.5. The molecule has 0 bridgehead atoms. The first-order valence-electron chi connectivity index (χ1n) is 9.01. The van der Waals surface area contributed by atoms with Gasteiger partial charge in [0, 0.05) is 19.6 Å². The summed E-state index contributed by atoms with van der Waals surface area (Å²) in [5, 5.41) is 12.8. The third-order valence-corrected chi connectivity index (χ3v) is 5.66. The van der Waals surface area contributed by atoms with Gasteiger partial charge in [-0.2, -0.15) is 0 Å². The molecule has 6 nitrogen and oxygen atoms in total. The first kappa shape index (κ1) is 19.0. The van der Waals surface area contributed by atoms with Crippen molar-refractivity contribution in [1.82, 2.24) is 20.1 Å². The number of thioether (sulfide) groups is 1. The highest BCUT2D eigenvalue weighted by Gasteiger charge is 2.25. The average molecular weight is 394 g/mol. The lowest BCUT2D eigenvalue weighted by Gasteiger charge is -2.19. The number of benzene rings is 1. The molecule has 1 aliphatic rings. The largest absolute Gasteiger partial charge is 0.355 e. The van der Waals surface area contributed by atoms with E-state index < -0.39 is 0 Å². The third kappa shape index (κ3) is 4.15. The number of nitrogens with zero attached hydrogens (tertiary/aromatic N) is 4. The SMILES string of the molecule is CCCNC(=O)C(C)Sc1nnc(N2CCCC2)n1-c1ccccc1Cl. The Bertz CT molecular complexity index is 760. The second-order valence-corrected chi connectivity index (χ2v) is 8.03. The number of carbonyl (C=O) groups excluding carboxylic acids is 1. The van der Waals surface area contributed by atoms with Gasteiger partial charge in [-0.3, -0.25) is 9.36 Å². The molecule has 0 spiro atoms. The van der Waals surface area contributed by atoms with Crippen LogP contribution in [0.3, 0.4) is 0 Å². The number of halogens is 1. The van der Waals surface area contributed by atoms with E-state index in [0.29, 0.717) is 16.7 Å². The van der Waals surface area contributed by atoms with Crippen LogP contribution in [0.1, 0.15) is 33.1 Å². The van der Waals surface area contributed by atoms with Crippen molar-refractivity contribution in [3.8, 4) is 5.69 Å². The van der Waals surface area contributed by atoms with Gasteiger partial charge in [0.05, 0.1) is 16.0 Å². The average Bonchev–Trinajstić information content (AvgIpc) is 3.29. The zero-order chi connectivity index (χ0) is 18.5. The minimum absolute atomic E-state index is 0.00767. The molecule has 1 fully saturated rings. The minimum Gasteiger partial charge on any atom is -0.355 e. The second-order valence-electron chi connectivity index (χ2n) is 6.31. The number of aromatic nitrogens is 3. The predicted molar refractivity (Wildman–Crippen MR) is 106 cm³/mol. The van der Waals surface area contributed by atoms with Crippen molar-refractivity contribution in [2.24, 2.45) is 0 Å². The minimum atomic E-state index is -0.265. The maximum Gasteiger partial charge on any atom is 0.233 e. The molecule has 0 radical (unpaired) electrons. The zero-order valence-electron chi connectivity index (χ0n) is 15.1. The Balaban J connectivity index is 1.92. The van der Waals surface area contributed by atoms with E-state index in [0.717, 1.165) is 44.0 Å². The van der Waals surface area contributed by atoms with Gasteiger partial charge >= 0.3 is 0 Å². The Labute approximate surface area is 163 Å². The molecule has 2 aromatic rings. The monoisotopic (exact) mass is 393 g/mol. The molecule has 3 rings (SSSR count). The van der Waals surface area contributed by atoms with E-state index in [2.05, 4.69) is 20.4 Å². The van der Waals surface area contributed by atoms with Gasteiger partial charge in [-0.25, -0.2) is 0 Å². The first-order valence-corrected chi connectivity index (χ1v) is 10.3. The number of amides is 1. The molecule has 1 aliphatic heterocycles. The molecule has 0 aliphatic carbocycles. The fourth-order valence-corrected chi connectivity index (χ4v) is 4.01. The summed E-state index contributed by atoms with van der Waals surface area (Å²) in [5.74, 6) is 0.799. The summed E-state index contributed by atoms with van der Waals surface area (Å²) in [7, 11) is 0. The molecule has 140 valence electrons. The van der Waals surface area contributed by atoms with Crippen molar-refractivity contribution in [3.05, 3.63) is 29.3 Å². The van der Waals surface area contributed by atoms with Crippen molar-refractivity contribution < 1.29 is 4.79 Å². The van der Waals surface area contributed by atoms with E-state index >= 15 is 0 Å². The van der Waals surface area contributed by atoms with Gasteiger partial charge < -0.3 is 10.2 Å². The molecule has 8 heteroatoms. The normalized spacial score (nSPS) is 15.3. The number of hydrogen-bond acceptors (Lipinski definition) is 5. The van der Waals surface area contributed by atoms with Crippen LogP contribution in [0.5, 0.6) is 0 Å². The summed E-state index contributed by atoms with van der Waals surface area (Å²) in [6.45, 7) is 6.52. The molecule has 26 heavy (non-hydrogen) atoms. The van der Waals surface area contributed by atoms with Crippen LogP contribution < -0.4 is 10.2 Å². The van der Waals surface area contributed by atoms with Crippen molar-refractivity contribution >= 4 is 35.2 Å². The van der Waals surface area contributed by atoms with E-state index in [9.17, 15) is 4.79 Å². The van der Waals surface area contributed by atoms with E-state index in [1.807, 2.05) is 42.7 Å². The first-order chi connectivity index (χ1) is 12.6. The second kappa shape index (κ2) is 8.77. The summed E-state index contributed by atoms with van der Waals surface area (Å²) < 4.78 is 1.97. The fourth-order valence-electron chi connectivity index (χ4n) is 2.91. The van der Waals surface area contributed by atoms with E-state index in [1.54, 1.807) is 0 Å². The van der Waals surface area contributed by atoms with E-state index in [1.165, 1.54) is 11.8 Å². The Hall–Kier alpha value is -1.73. The number of hydrogen-bond donors (Lipinski definition) is 1. The van der Waals surface area contributed by atoms with Crippen molar-refractivity contribution in [2.75, 3.05) is 24.5 Å². The molecule has 1 aromatic carbocycles. The van der Waals surface area contributed by atoms with Crippen molar-refractivity contribution in [3.63, 3.8) is 0 Å². The Morgan fingerprint density at radius 3 is 2.73 bits per heavy atom. The lowest BCUT2D eigenvalue weighted by Crippen LogP contribution is -2.31. The van der Waals surface area contributed by atoms with Crippen LogP contribution in [0.2, 0.25) is 5.02 Å². The molecular formula is C18H24ClN5OS. The van der Waals surface area contributed by atoms with Crippen LogP contribution in [0.25, 0.3) is 5.69 Å². The number of nitrogens with one attached hydrogen (secondary N) is 1. The smallest absolute Gasteiger partial charge is 0.233 e. The maximum absolute atomic E-state index is 12.3. The Morgan fingerprint density at radius 2 is 2.04 bits per heavy atom. The van der Waals surface area contributed by atoms with Gasteiger partial charge in [-0.05, 0) is 38.3 Å². The van der Waals surface area contributed by atoms with Crippen LogP contribution in [-0.4, -0.2) is 45.6 Å². The Morgan fingerprint density at radius 1 is 1.31 bits per heavy atom. The summed E-state index contributed by atoms with van der Waals surface area (Å²) >= 11 is 7.85. The molecular weight excluding hydrogens is 370 g/mol. The fraction of sp³-hybridized carbons (Fsp3) is 0.500. The van der Waals surface area contributed by atoms with Crippen molar-refractivity contribution in [1.29, 1.82) is 0 Å². The summed E-state index contributed by atoms with van der Waals surface area (Å²) in [6, 6.07) is 7.66. The van der Waals surface area contributed by atoms with Gasteiger partial charge in [-0.1, -0.05) is 42.4 Å². The highest BCUT2D eigenvalue weighted by Crippen LogP contribution is 2.33. The number of anilines is 1. The van der Waals surface area contributed by atoms with Gasteiger partial charge in [0.1, 0.15) is 0 Å². The van der Waals surface area contributed by atoms with E-state index in [4.69, 9.17) is 11.6 Å². The van der Waals surface area contributed by atoms with Gasteiger partial charge in [-0.15, -0.1) is 10.2 Å². The van der Waals surface area contributed by atoms with E-state index in [-0.39, 0.29) is 11.2 Å². The molecule has 1 amide bonds. The molecule has 2 heterocycles. The van der Waals surface area contributed by atoms with Gasteiger partial charge in [0.2, 0.25) is 11.9 Å². The standard InChI is InChI=1S/C18H24ClN5OS/c1-3-10-20-16(25)13(2)26-18-22-21-17(23-11-6-7-12-23)24(18)15-9-5-4-8-14(15)19/h4-5,8-9,13H,3,6-7,10-12H2,1-2H3,(H,20,25). The van der Waals surface area contributed by atoms with Gasteiger partial charge in [0.25, 0.3) is 0 Å². The lowest BCUT2D eigenvalue weighted by atomic mass is 10.3. The number of rotatable bonds is 7. The molecule has 1 unspecified atom stereocenters. The highest BCUT2D eigenvalue weighted by molar-refractivity contribution is 8.00. The van der Waals surface area contributed by atoms with Crippen LogP contribution in [0.15, 0.2) is 29.4 Å². The topological polar surface area (TPSA) is 63.1 Å². The van der Waals surface area contributed by atoms with Crippen LogP contribution in [-0.2, 0) is 4.79 Å². The zero-order valence-corrected chi connectivity index (χ0v) is 16.7. The van der Waals surface area contributed by atoms with Crippen LogP contribution in [0, 0.1) is 0 Å². The quantitative estimate of drug-likeness (QED) is 0.729. The lowest BCUT2D eigenvalue weighted by molar-refractivity contribution is -0.120. The Kier molecular flexibility index (Phi) is 6.43. The maximum atomic E-state index is 12.3. The summed E-state index contributed by atoms with van der Waals surface area (Å²) in [5.41, 5.74) is 0.838. The van der Waals surface area contributed by atoms with Crippen LogP contribution in [0.4, 0.5) is 5.95 Å². The number of para-hydroxylation sites is 1. The van der Waals surface area contributed by atoms with Crippen LogP contribution >= 0.6 is 23.4 Å². The molecule has 1 N–H and O–H groups in total. The molecule has 1 atom stereocenters. The predicted octanol–water partition coefficient (Wildman–Crippen LogP) is 3.53. The third-order valence-electron chi connectivity index (χ3n) is 4.30. The highest BCUT2D eigenvalue weighted by atomic mass is 35.5.